The number of rotatable bonds is 11. The third-order valence-electron chi connectivity index (χ3n) is 19.4. The van der Waals surface area contributed by atoms with E-state index in [2.05, 4.69) is 44.7 Å². The van der Waals surface area contributed by atoms with Crippen LogP contribution in [0.25, 0.3) is 0 Å². The summed E-state index contributed by atoms with van der Waals surface area (Å²) < 4.78 is 150. The lowest BCUT2D eigenvalue weighted by Crippen LogP contribution is -2.73. The maximum atomic E-state index is 12.3. The first-order valence-corrected chi connectivity index (χ1v) is 30.5. The highest BCUT2D eigenvalue weighted by Gasteiger charge is 2.66. The molecule has 11 rings (SSSR count). The molecule has 5 N–H and O–H groups in total. The van der Waals surface area contributed by atoms with Crippen molar-refractivity contribution in [2.45, 2.75) is 275 Å². The van der Waals surface area contributed by atoms with E-state index >= 15 is 0 Å². The SMILES string of the molecule is C=CC(O)C(=C)/C=C/[C@@](C)(O)[C@H]1O[C@@H]2C[C@@H]3O[C@@H]4C[C@@H]5O[C@@H]6C[C@@H]7O[C@@H]8C[C@@H]9O[C@@H]%10C[C@@H]%11O[C@](C)(CCOS(=O)(=O)O)[C@@H](OS(=O)(=O)O)C[C@H]%11O[C@H]%10C[C@H]9O[C@H]8CC[C@@]7(C)O[C@@]6(C)C[C@H](C)[C@H]5O[C@H]4[C@@H](O)[C@@]3(C)O[C@H]2CC1=C. The van der Waals surface area contributed by atoms with Crippen LogP contribution in [0.1, 0.15) is 119 Å². The molecule has 78 heavy (non-hydrogen) atoms. The number of aliphatic hydroxyl groups excluding tert-OH is 2. The highest BCUT2D eigenvalue weighted by Crippen LogP contribution is 2.54. The minimum atomic E-state index is -4.95. The summed E-state index contributed by atoms with van der Waals surface area (Å²) in [5.41, 5.74) is -4.47. The summed E-state index contributed by atoms with van der Waals surface area (Å²) >= 11 is 0. The van der Waals surface area contributed by atoms with Gasteiger partial charge in [-0.25, -0.2) is 8.37 Å². The zero-order chi connectivity index (χ0) is 55.9. The Kier molecular flexibility index (Phi) is 15.4. The van der Waals surface area contributed by atoms with Crippen LogP contribution in [-0.4, -0.2) is 204 Å². The maximum absolute atomic E-state index is 12.3. The van der Waals surface area contributed by atoms with Gasteiger partial charge in [-0.1, -0.05) is 38.3 Å². The lowest BCUT2D eigenvalue weighted by atomic mass is 9.74. The van der Waals surface area contributed by atoms with Crippen LogP contribution < -0.4 is 0 Å². The first-order chi connectivity index (χ1) is 36.4. The van der Waals surface area contributed by atoms with Crippen molar-refractivity contribution in [1.29, 1.82) is 0 Å². The predicted molar refractivity (Wildman–Crippen MR) is 272 cm³/mol. The van der Waals surface area contributed by atoms with E-state index in [1.165, 1.54) is 13.0 Å². The van der Waals surface area contributed by atoms with Gasteiger partial charge in [0.1, 0.15) is 35.6 Å². The van der Waals surface area contributed by atoms with Crippen molar-refractivity contribution in [2.75, 3.05) is 6.61 Å². The van der Waals surface area contributed by atoms with Crippen molar-refractivity contribution in [3.63, 3.8) is 0 Å². The Morgan fingerprint density at radius 1 is 0.731 bits per heavy atom. The average molecular weight is 1150 g/mol. The fourth-order valence-corrected chi connectivity index (χ4v) is 16.2. The summed E-state index contributed by atoms with van der Waals surface area (Å²) in [6, 6.07) is 0. The van der Waals surface area contributed by atoms with Gasteiger partial charge in [0.15, 0.2) is 0 Å². The molecule has 11 heterocycles. The van der Waals surface area contributed by atoms with E-state index < -0.39 is 135 Å². The van der Waals surface area contributed by atoms with E-state index in [4.69, 9.17) is 60.8 Å². The van der Waals surface area contributed by atoms with E-state index in [1.54, 1.807) is 19.1 Å². The van der Waals surface area contributed by atoms with E-state index in [9.17, 15) is 36.7 Å². The second-order valence-corrected chi connectivity index (χ2v) is 27.4. The molecule has 11 fully saturated rings. The van der Waals surface area contributed by atoms with Gasteiger partial charge in [-0.15, -0.1) is 6.58 Å². The van der Waals surface area contributed by atoms with Crippen LogP contribution in [0.3, 0.4) is 0 Å². The van der Waals surface area contributed by atoms with Gasteiger partial charge >= 0.3 is 20.8 Å². The fraction of sp³-hybridized carbons (Fsp3) is 0.852. The summed E-state index contributed by atoms with van der Waals surface area (Å²) in [4.78, 5) is 0. The van der Waals surface area contributed by atoms with Crippen molar-refractivity contribution in [1.82, 2.24) is 0 Å². The predicted octanol–water partition coefficient (Wildman–Crippen LogP) is 3.64. The highest BCUT2D eigenvalue weighted by atomic mass is 32.3. The molecule has 0 aromatic rings. The molecule has 27 atom stereocenters. The number of ether oxygens (including phenoxy) is 11. The van der Waals surface area contributed by atoms with Gasteiger partial charge < -0.3 is 67.4 Å². The molecular formula is C54H80O22S2. The Morgan fingerprint density at radius 2 is 1.31 bits per heavy atom. The standard InChI is InChI=1S/C54H80O22S2/c1-10-29(55)26(2)11-13-50(5,57)49-27(3)17-38-37(71-49)23-45-54(9,74-38)48(56)47-41(70-45)21-40-46(72-47)28(4)25-53(8)43(69-40)24-42-52(7,76-53)14-12-30-31(68-42)18-33-32(65-30)19-34-35(66-33)20-39-36(67-34)22-44(75-78(61,62)63)51(6,73-39)15-16-64-77(58,59)60/h10-11,13,28-49,55-57H,1-3,12,14-25H2,4-9H3,(H,58,59,60)(H,61,62,63)/b13-11+/t28-,29?,30-,31+,32+,33-,34-,35+,36+,37+,38-,39-,40-,41+,42-,43+,44-,45-,46+,47+,48+,49-,50+,51+,52+,53-,54-/m0/s1. The van der Waals surface area contributed by atoms with Crippen LogP contribution in [0.15, 0.2) is 49.1 Å². The van der Waals surface area contributed by atoms with Crippen LogP contribution in [0.4, 0.5) is 0 Å². The Balaban J connectivity index is 0.742. The first kappa shape index (κ1) is 57.9. The van der Waals surface area contributed by atoms with Gasteiger partial charge in [-0.05, 0) is 77.4 Å². The molecule has 11 aliphatic heterocycles. The molecule has 0 aromatic heterocycles. The maximum Gasteiger partial charge on any atom is 0.397 e. The molecule has 22 nitrogen and oxygen atoms in total. The van der Waals surface area contributed by atoms with Crippen molar-refractivity contribution >= 4 is 20.8 Å². The molecule has 0 radical (unpaired) electrons. The van der Waals surface area contributed by atoms with Crippen molar-refractivity contribution in [2.24, 2.45) is 5.92 Å². The van der Waals surface area contributed by atoms with E-state index in [0.717, 1.165) is 0 Å². The topological polar surface area (TPSA) is 289 Å². The third-order valence-corrected chi connectivity index (χ3v) is 20.4. The smallest absolute Gasteiger partial charge is 0.387 e. The molecule has 11 saturated heterocycles. The van der Waals surface area contributed by atoms with Gasteiger partial charge in [0.2, 0.25) is 0 Å². The zero-order valence-corrected chi connectivity index (χ0v) is 46.9. The summed E-state index contributed by atoms with van der Waals surface area (Å²) in [6.07, 6.45) is -2.15. The molecule has 0 amide bonds. The minimum absolute atomic E-state index is 0.00287. The molecule has 0 bridgehead atoms. The summed E-state index contributed by atoms with van der Waals surface area (Å²) in [7, 11) is -9.74. The Hall–Kier alpha value is -1.86. The van der Waals surface area contributed by atoms with Gasteiger partial charge in [-0.3, -0.25) is 9.11 Å². The summed E-state index contributed by atoms with van der Waals surface area (Å²) in [6.45, 7) is 22.6. The molecule has 440 valence electrons. The molecule has 0 aliphatic carbocycles. The van der Waals surface area contributed by atoms with Crippen LogP contribution >= 0.6 is 0 Å². The number of hydrogen-bond donors (Lipinski definition) is 5. The Morgan fingerprint density at radius 3 is 1.97 bits per heavy atom. The zero-order valence-electron chi connectivity index (χ0n) is 45.2. The molecule has 0 spiro atoms. The monoisotopic (exact) mass is 1140 g/mol. The number of hydrogen-bond acceptors (Lipinski definition) is 20. The van der Waals surface area contributed by atoms with Gasteiger partial charge in [0, 0.05) is 51.4 Å². The second-order valence-electron chi connectivity index (χ2n) is 25.3. The number of aliphatic hydroxyl groups is 3. The van der Waals surface area contributed by atoms with Crippen LogP contribution in [0.2, 0.25) is 0 Å². The minimum Gasteiger partial charge on any atom is -0.387 e. The van der Waals surface area contributed by atoms with E-state index in [1.807, 2.05) is 6.92 Å². The van der Waals surface area contributed by atoms with E-state index in [-0.39, 0.29) is 67.6 Å². The normalized spacial score (nSPS) is 51.3. The van der Waals surface area contributed by atoms with Gasteiger partial charge in [-0.2, -0.15) is 16.8 Å². The van der Waals surface area contributed by atoms with Crippen molar-refractivity contribution < 1.29 is 102 Å². The highest BCUT2D eigenvalue weighted by molar-refractivity contribution is 7.81. The third kappa shape index (κ3) is 11.0. The Bertz CT molecular complexity index is 2560. The molecule has 0 aromatic carbocycles. The second kappa shape index (κ2) is 20.7. The van der Waals surface area contributed by atoms with Crippen molar-refractivity contribution in [3.05, 3.63) is 49.1 Å². The number of fused-ring (bicyclic) bond motifs is 10. The van der Waals surface area contributed by atoms with Gasteiger partial charge in [0.25, 0.3) is 0 Å². The lowest BCUT2D eigenvalue weighted by molar-refractivity contribution is -0.361. The van der Waals surface area contributed by atoms with Gasteiger partial charge in [0.05, 0.1) is 127 Å². The van der Waals surface area contributed by atoms with Crippen molar-refractivity contribution in [3.8, 4) is 0 Å². The largest absolute Gasteiger partial charge is 0.397 e. The summed E-state index contributed by atoms with van der Waals surface area (Å²) in [5, 5.41) is 34.1. The molecule has 24 heteroatoms. The first-order valence-electron chi connectivity index (χ1n) is 27.8. The van der Waals surface area contributed by atoms with Crippen LogP contribution in [0.5, 0.6) is 0 Å². The van der Waals surface area contributed by atoms with Crippen LogP contribution in [-0.2, 0) is 81.3 Å². The molecular weight excluding hydrogens is 1060 g/mol. The lowest BCUT2D eigenvalue weighted by Gasteiger charge is -2.59. The molecule has 0 saturated carbocycles. The summed E-state index contributed by atoms with van der Waals surface area (Å²) in [5.74, 6) is -0.0293. The molecule has 1 unspecified atom stereocenters. The average Bonchev–Trinajstić information content (AvgIpc) is 3.72. The molecule has 11 aliphatic rings. The van der Waals surface area contributed by atoms with Crippen LogP contribution in [0, 0.1) is 5.92 Å². The Labute approximate surface area is 457 Å². The quantitative estimate of drug-likeness (QED) is 0.112. The van der Waals surface area contributed by atoms with E-state index in [0.29, 0.717) is 75.4 Å². The fourth-order valence-electron chi connectivity index (χ4n) is 15.3.